The number of nitrogens with zero attached hydrogens (tertiary/aromatic N) is 2. The Morgan fingerprint density at radius 3 is 2.77 bits per heavy atom. The summed E-state index contributed by atoms with van der Waals surface area (Å²) < 4.78 is 0.735. The van der Waals surface area contributed by atoms with Crippen LogP contribution in [0.4, 0.5) is 5.69 Å². The van der Waals surface area contributed by atoms with E-state index in [0.717, 1.165) is 15.5 Å². The standard InChI is InChI=1S/C19H12BrClN4O/c20-12-7-11(9-22-10-12)19(26)25-15-6-5-13(21)8-14(15)18-23-16-3-1-2-4-17(16)24-18/h1-10H,(H,23,24)(H,25,26). The molecule has 2 aromatic heterocycles. The van der Waals surface area contributed by atoms with Gasteiger partial charge in [-0.05, 0) is 52.3 Å². The number of para-hydroxylation sites is 2. The average Bonchev–Trinajstić information content (AvgIpc) is 3.07. The Hall–Kier alpha value is -2.70. The Balaban J connectivity index is 1.74. The maximum Gasteiger partial charge on any atom is 0.257 e. The topological polar surface area (TPSA) is 70.7 Å². The Kier molecular flexibility index (Phi) is 4.44. The quantitative estimate of drug-likeness (QED) is 0.466. The van der Waals surface area contributed by atoms with Gasteiger partial charge in [-0.15, -0.1) is 0 Å². The van der Waals surface area contributed by atoms with Crippen LogP contribution in [0.15, 0.2) is 65.4 Å². The molecule has 2 N–H and O–H groups in total. The molecule has 26 heavy (non-hydrogen) atoms. The molecule has 2 aromatic carbocycles. The van der Waals surface area contributed by atoms with Crippen molar-refractivity contribution in [3.05, 3.63) is 76.0 Å². The number of hydrogen-bond donors (Lipinski definition) is 2. The van der Waals surface area contributed by atoms with E-state index in [1.54, 1.807) is 30.5 Å². The van der Waals surface area contributed by atoms with Gasteiger partial charge in [0, 0.05) is 27.5 Å². The van der Waals surface area contributed by atoms with E-state index in [9.17, 15) is 4.79 Å². The number of halogens is 2. The fourth-order valence-electron chi connectivity index (χ4n) is 2.63. The zero-order chi connectivity index (χ0) is 18.1. The van der Waals surface area contributed by atoms with E-state index >= 15 is 0 Å². The number of imidazole rings is 1. The highest BCUT2D eigenvalue weighted by Gasteiger charge is 2.14. The molecule has 0 radical (unpaired) electrons. The maximum absolute atomic E-state index is 12.6. The number of nitrogens with one attached hydrogen (secondary N) is 2. The smallest absolute Gasteiger partial charge is 0.257 e. The van der Waals surface area contributed by atoms with Gasteiger partial charge in [-0.3, -0.25) is 9.78 Å². The molecular formula is C19H12BrClN4O. The minimum absolute atomic E-state index is 0.265. The molecule has 1 amide bonds. The second-order valence-corrected chi connectivity index (χ2v) is 6.99. The third-order valence-electron chi connectivity index (χ3n) is 3.84. The molecule has 5 nitrogen and oxygen atoms in total. The van der Waals surface area contributed by atoms with Gasteiger partial charge >= 0.3 is 0 Å². The van der Waals surface area contributed by atoms with E-state index < -0.39 is 0 Å². The Morgan fingerprint density at radius 2 is 1.96 bits per heavy atom. The van der Waals surface area contributed by atoms with Gasteiger partial charge in [-0.2, -0.15) is 0 Å². The molecule has 0 saturated heterocycles. The van der Waals surface area contributed by atoms with E-state index in [0.29, 0.717) is 27.7 Å². The van der Waals surface area contributed by atoms with E-state index in [1.807, 2.05) is 24.3 Å². The molecule has 0 fully saturated rings. The molecule has 2 heterocycles. The van der Waals surface area contributed by atoms with Crippen LogP contribution >= 0.6 is 27.5 Å². The molecule has 0 atom stereocenters. The summed E-state index contributed by atoms with van der Waals surface area (Å²) in [7, 11) is 0. The number of pyridine rings is 1. The van der Waals surface area contributed by atoms with Gasteiger partial charge in [0.2, 0.25) is 0 Å². The molecule has 0 saturated carbocycles. The van der Waals surface area contributed by atoms with Crippen molar-refractivity contribution in [3.63, 3.8) is 0 Å². The molecule has 128 valence electrons. The van der Waals surface area contributed by atoms with E-state index in [2.05, 4.69) is 36.2 Å². The second kappa shape index (κ2) is 6.90. The van der Waals surface area contributed by atoms with Crippen LogP contribution in [0.3, 0.4) is 0 Å². The number of hydrogen-bond acceptors (Lipinski definition) is 3. The Morgan fingerprint density at radius 1 is 1.12 bits per heavy atom. The normalized spacial score (nSPS) is 10.8. The average molecular weight is 428 g/mol. The van der Waals surface area contributed by atoms with Crippen LogP contribution in [0, 0.1) is 0 Å². The first-order chi connectivity index (χ1) is 12.6. The van der Waals surface area contributed by atoms with Gasteiger partial charge in [0.15, 0.2) is 0 Å². The SMILES string of the molecule is O=C(Nc1ccc(Cl)cc1-c1nc2ccccc2[nH]1)c1cncc(Br)c1. The largest absolute Gasteiger partial charge is 0.338 e. The van der Waals surface area contributed by atoms with Gasteiger partial charge in [0.1, 0.15) is 5.82 Å². The van der Waals surface area contributed by atoms with Gasteiger partial charge in [0.05, 0.1) is 22.3 Å². The zero-order valence-corrected chi connectivity index (χ0v) is 15.7. The number of amides is 1. The van der Waals surface area contributed by atoms with Crippen LogP contribution in [0.1, 0.15) is 10.4 Å². The minimum atomic E-state index is -0.265. The van der Waals surface area contributed by atoms with Crippen LogP contribution in [-0.2, 0) is 0 Å². The number of anilines is 1. The maximum atomic E-state index is 12.6. The highest BCUT2D eigenvalue weighted by atomic mass is 79.9. The van der Waals surface area contributed by atoms with Crippen molar-refractivity contribution >= 4 is 50.2 Å². The van der Waals surface area contributed by atoms with Crippen molar-refractivity contribution in [1.82, 2.24) is 15.0 Å². The zero-order valence-electron chi connectivity index (χ0n) is 13.3. The number of carbonyl (C=O) groups is 1. The molecule has 4 aromatic rings. The number of aromatic nitrogens is 3. The summed E-state index contributed by atoms with van der Waals surface area (Å²) in [6.07, 6.45) is 3.13. The first kappa shape index (κ1) is 16.8. The van der Waals surface area contributed by atoms with Crippen LogP contribution in [-0.4, -0.2) is 20.9 Å². The monoisotopic (exact) mass is 426 g/mol. The van der Waals surface area contributed by atoms with Gasteiger partial charge in [-0.25, -0.2) is 4.98 Å². The molecule has 0 aliphatic heterocycles. The fourth-order valence-corrected chi connectivity index (χ4v) is 3.17. The van der Waals surface area contributed by atoms with Crippen LogP contribution in [0.5, 0.6) is 0 Å². The predicted molar refractivity (Wildman–Crippen MR) is 106 cm³/mol. The van der Waals surface area contributed by atoms with Crippen molar-refractivity contribution < 1.29 is 4.79 Å². The Bertz CT molecular complexity index is 1090. The lowest BCUT2D eigenvalue weighted by Gasteiger charge is -2.10. The number of rotatable bonds is 3. The predicted octanol–water partition coefficient (Wildman–Crippen LogP) is 5.29. The van der Waals surface area contributed by atoms with Crippen molar-refractivity contribution in [2.24, 2.45) is 0 Å². The van der Waals surface area contributed by atoms with Crippen molar-refractivity contribution in [2.45, 2.75) is 0 Å². The summed E-state index contributed by atoms with van der Waals surface area (Å²) in [4.78, 5) is 24.4. The summed E-state index contributed by atoms with van der Waals surface area (Å²) in [6.45, 7) is 0. The molecule has 0 unspecified atom stereocenters. The molecule has 0 aliphatic carbocycles. The third kappa shape index (κ3) is 3.34. The molecular weight excluding hydrogens is 416 g/mol. The van der Waals surface area contributed by atoms with Crippen molar-refractivity contribution in [3.8, 4) is 11.4 Å². The highest BCUT2D eigenvalue weighted by molar-refractivity contribution is 9.10. The highest BCUT2D eigenvalue weighted by Crippen LogP contribution is 2.31. The summed E-state index contributed by atoms with van der Waals surface area (Å²) in [5, 5.41) is 3.46. The van der Waals surface area contributed by atoms with E-state index in [4.69, 9.17) is 11.6 Å². The first-order valence-electron chi connectivity index (χ1n) is 7.77. The van der Waals surface area contributed by atoms with Gasteiger partial charge < -0.3 is 10.3 Å². The number of carbonyl (C=O) groups excluding carboxylic acids is 1. The summed E-state index contributed by atoms with van der Waals surface area (Å²) >= 11 is 9.49. The molecule has 0 aliphatic rings. The molecule has 4 rings (SSSR count). The van der Waals surface area contributed by atoms with Crippen LogP contribution < -0.4 is 5.32 Å². The third-order valence-corrected chi connectivity index (χ3v) is 4.51. The lowest BCUT2D eigenvalue weighted by Crippen LogP contribution is -2.13. The fraction of sp³-hybridized carbons (Fsp3) is 0. The lowest BCUT2D eigenvalue weighted by molar-refractivity contribution is 0.102. The lowest BCUT2D eigenvalue weighted by atomic mass is 10.1. The summed E-state index contributed by atoms with van der Waals surface area (Å²) in [5.41, 5.74) is 3.53. The molecule has 7 heteroatoms. The van der Waals surface area contributed by atoms with E-state index in [1.165, 1.54) is 6.20 Å². The Labute approximate surface area is 162 Å². The second-order valence-electron chi connectivity index (χ2n) is 5.64. The number of H-pyrrole nitrogens is 1. The van der Waals surface area contributed by atoms with Crippen molar-refractivity contribution in [2.75, 3.05) is 5.32 Å². The number of fused-ring (bicyclic) bond motifs is 1. The summed E-state index contributed by atoms with van der Waals surface area (Å²) in [5.74, 6) is 0.370. The minimum Gasteiger partial charge on any atom is -0.338 e. The number of aromatic amines is 1. The van der Waals surface area contributed by atoms with Gasteiger partial charge in [-0.1, -0.05) is 23.7 Å². The molecule has 0 bridgehead atoms. The van der Waals surface area contributed by atoms with Crippen LogP contribution in [0.2, 0.25) is 5.02 Å². The van der Waals surface area contributed by atoms with Gasteiger partial charge in [0.25, 0.3) is 5.91 Å². The van der Waals surface area contributed by atoms with Crippen molar-refractivity contribution in [1.29, 1.82) is 0 Å². The molecule has 0 spiro atoms. The van der Waals surface area contributed by atoms with E-state index in [-0.39, 0.29) is 5.91 Å². The first-order valence-corrected chi connectivity index (χ1v) is 8.94. The van der Waals surface area contributed by atoms with Crippen LogP contribution in [0.25, 0.3) is 22.4 Å². The number of benzene rings is 2. The summed E-state index contributed by atoms with van der Waals surface area (Å²) in [6, 6.07) is 14.7.